The van der Waals surface area contributed by atoms with Gasteiger partial charge in [-0.3, -0.25) is 0 Å². The van der Waals surface area contributed by atoms with Crippen LogP contribution in [0.15, 0.2) is 38.1 Å². The van der Waals surface area contributed by atoms with Gasteiger partial charge >= 0.3 is 5.63 Å². The Balaban J connectivity index is 1.28. The van der Waals surface area contributed by atoms with Gasteiger partial charge in [0.2, 0.25) is 5.75 Å². The van der Waals surface area contributed by atoms with Gasteiger partial charge in [0.1, 0.15) is 54.6 Å². The molecule has 0 unspecified atom stereocenters. The van der Waals surface area contributed by atoms with Crippen molar-refractivity contribution in [1.82, 2.24) is 0 Å². The van der Waals surface area contributed by atoms with Crippen molar-refractivity contribution in [2.24, 2.45) is 0 Å². The molecule has 4 heterocycles. The lowest BCUT2D eigenvalue weighted by Gasteiger charge is -2.44. The molecule has 0 saturated carbocycles. The Hall–Kier alpha value is -2.87. The number of fused-ring (bicyclic) bond motifs is 2. The maximum Gasteiger partial charge on any atom is 0.336 e. The van der Waals surface area contributed by atoms with E-state index in [2.05, 4.69) is 0 Å². The zero-order valence-electron chi connectivity index (χ0n) is 24.1. The van der Waals surface area contributed by atoms with Crippen molar-refractivity contribution < 1.29 is 73.0 Å². The highest BCUT2D eigenvalue weighted by atomic mass is 16.7. The van der Waals surface area contributed by atoms with E-state index in [9.17, 15) is 40.5 Å². The monoisotopic (exact) mass is 628 g/mol. The number of benzene rings is 1. The van der Waals surface area contributed by atoms with Crippen LogP contribution in [-0.4, -0.2) is 130 Å². The summed E-state index contributed by atoms with van der Waals surface area (Å²) >= 11 is 0. The van der Waals surface area contributed by atoms with E-state index >= 15 is 0 Å². The minimum atomic E-state index is -1.94. The highest BCUT2D eigenvalue weighted by Gasteiger charge is 2.51. The van der Waals surface area contributed by atoms with Crippen LogP contribution in [0.25, 0.3) is 21.9 Å². The molecule has 0 amide bonds. The molecular formula is C28H36O16. The lowest BCUT2D eigenvalue weighted by atomic mass is 9.97. The zero-order chi connectivity index (χ0) is 32.0. The summed E-state index contributed by atoms with van der Waals surface area (Å²) in [5, 5.41) is 73.2. The Morgan fingerprint density at radius 3 is 2.43 bits per heavy atom. The summed E-state index contributed by atoms with van der Waals surface area (Å²) in [7, 11) is 1.45. The van der Waals surface area contributed by atoms with Crippen LogP contribution >= 0.6 is 0 Å². The van der Waals surface area contributed by atoms with Crippen molar-refractivity contribution in [1.29, 1.82) is 0 Å². The first kappa shape index (κ1) is 32.5. The molecule has 16 heteroatoms. The number of hydrogen-bond acceptors (Lipinski definition) is 16. The van der Waals surface area contributed by atoms with E-state index < -0.39 is 92.5 Å². The molecular weight excluding hydrogens is 592 g/mol. The fourth-order valence-corrected chi connectivity index (χ4v) is 5.04. The van der Waals surface area contributed by atoms with Crippen LogP contribution in [-0.2, 0) is 18.9 Å². The number of rotatable bonds is 11. The largest absolute Gasteiger partial charge is 0.495 e. The molecule has 0 bridgehead atoms. The first-order chi connectivity index (χ1) is 20.8. The van der Waals surface area contributed by atoms with Crippen LogP contribution in [0.3, 0.4) is 0 Å². The smallest absolute Gasteiger partial charge is 0.336 e. The summed E-state index contributed by atoms with van der Waals surface area (Å²) in [6.45, 7) is 0.839. The molecule has 0 aliphatic carbocycles. The first-order valence-electron chi connectivity index (χ1n) is 13.7. The van der Waals surface area contributed by atoms with Gasteiger partial charge in [-0.25, -0.2) is 4.79 Å². The number of aliphatic hydroxyl groups is 7. The van der Waals surface area contributed by atoms with Gasteiger partial charge in [-0.15, -0.1) is 0 Å². The van der Waals surface area contributed by atoms with Crippen LogP contribution in [0.5, 0.6) is 11.5 Å². The number of hydrogen-bond donors (Lipinski definition) is 7. The minimum Gasteiger partial charge on any atom is -0.495 e. The molecule has 2 aromatic heterocycles. The maximum absolute atomic E-state index is 12.0. The molecule has 7 N–H and O–H groups in total. The SMILES string of the molecule is COc1c2ccoc2c(OC[C@@H](O)C(C)(C)O[C@@H]2O[C@H](CO[C@@H]3OC[C@](O)(CO)[C@H]3O)[C@@H](O)[C@H](O)[C@H]2O)c2oc(=O)ccc12. The summed E-state index contributed by atoms with van der Waals surface area (Å²) in [5.74, 6) is 0.423. The van der Waals surface area contributed by atoms with Crippen molar-refractivity contribution in [3.63, 3.8) is 0 Å². The van der Waals surface area contributed by atoms with Gasteiger partial charge in [0.05, 0.1) is 49.6 Å². The fourth-order valence-electron chi connectivity index (χ4n) is 5.04. The predicted molar refractivity (Wildman–Crippen MR) is 146 cm³/mol. The molecule has 0 spiro atoms. The molecule has 16 nitrogen and oxygen atoms in total. The lowest BCUT2D eigenvalue weighted by molar-refractivity contribution is -0.337. The first-order valence-corrected chi connectivity index (χ1v) is 13.7. The van der Waals surface area contributed by atoms with E-state index in [1.165, 1.54) is 39.4 Å². The molecule has 1 aromatic carbocycles. The Bertz CT molecular complexity index is 1500. The van der Waals surface area contributed by atoms with Crippen molar-refractivity contribution in [3.8, 4) is 11.5 Å². The lowest BCUT2D eigenvalue weighted by Crippen LogP contribution is -2.62. The average Bonchev–Trinajstić information content (AvgIpc) is 3.59. The zero-order valence-corrected chi connectivity index (χ0v) is 24.1. The third kappa shape index (κ3) is 5.91. The maximum atomic E-state index is 12.0. The minimum absolute atomic E-state index is 0.0301. The van der Waals surface area contributed by atoms with Crippen LogP contribution < -0.4 is 15.1 Å². The van der Waals surface area contributed by atoms with E-state index in [0.717, 1.165) is 0 Å². The van der Waals surface area contributed by atoms with E-state index in [1.54, 1.807) is 6.07 Å². The van der Waals surface area contributed by atoms with Gasteiger partial charge in [-0.2, -0.15) is 0 Å². The quantitative estimate of drug-likeness (QED) is 0.118. The summed E-state index contributed by atoms with van der Waals surface area (Å²) in [6, 6.07) is 4.38. The summed E-state index contributed by atoms with van der Waals surface area (Å²) < 4.78 is 44.4. The molecule has 44 heavy (non-hydrogen) atoms. The number of furan rings is 1. The Morgan fingerprint density at radius 2 is 1.75 bits per heavy atom. The molecule has 2 aliphatic rings. The van der Waals surface area contributed by atoms with E-state index in [1.807, 2.05) is 0 Å². The Labute approximate surface area is 249 Å². The second-order valence-electron chi connectivity index (χ2n) is 11.3. The third-order valence-electron chi connectivity index (χ3n) is 7.89. The van der Waals surface area contributed by atoms with Crippen LogP contribution in [0.4, 0.5) is 0 Å². The Kier molecular flexibility index (Phi) is 9.23. The van der Waals surface area contributed by atoms with E-state index in [-0.39, 0.29) is 16.9 Å². The van der Waals surface area contributed by atoms with Crippen LogP contribution in [0, 0.1) is 0 Å². The van der Waals surface area contributed by atoms with Crippen LogP contribution in [0.2, 0.25) is 0 Å². The summed E-state index contributed by atoms with van der Waals surface area (Å²) in [6.07, 6.45) is -11.0. The Morgan fingerprint density at radius 1 is 1.02 bits per heavy atom. The molecule has 2 saturated heterocycles. The second-order valence-corrected chi connectivity index (χ2v) is 11.3. The van der Waals surface area contributed by atoms with Crippen molar-refractivity contribution in [3.05, 3.63) is 34.9 Å². The molecule has 2 fully saturated rings. The van der Waals surface area contributed by atoms with Gasteiger partial charge < -0.3 is 73.0 Å². The van der Waals surface area contributed by atoms with E-state index in [0.29, 0.717) is 16.5 Å². The van der Waals surface area contributed by atoms with Gasteiger partial charge in [-0.05, 0) is 26.0 Å². The highest BCUT2D eigenvalue weighted by Crippen LogP contribution is 2.43. The molecule has 3 aromatic rings. The van der Waals surface area contributed by atoms with Crippen LogP contribution in [0.1, 0.15) is 13.8 Å². The highest BCUT2D eigenvalue weighted by molar-refractivity contribution is 6.06. The van der Waals surface area contributed by atoms with Crippen molar-refractivity contribution >= 4 is 21.9 Å². The average molecular weight is 629 g/mol. The van der Waals surface area contributed by atoms with Crippen molar-refractivity contribution in [2.45, 2.75) is 74.3 Å². The van der Waals surface area contributed by atoms with Gasteiger partial charge in [0.25, 0.3) is 0 Å². The number of aliphatic hydroxyl groups excluding tert-OH is 6. The number of ether oxygens (including phenoxy) is 6. The van der Waals surface area contributed by atoms with Gasteiger partial charge in [0, 0.05) is 6.07 Å². The molecule has 0 radical (unpaired) electrons. The molecule has 2 aliphatic heterocycles. The number of methoxy groups -OCH3 is 1. The van der Waals surface area contributed by atoms with Crippen molar-refractivity contribution in [2.75, 3.05) is 33.5 Å². The molecule has 9 atom stereocenters. The van der Waals surface area contributed by atoms with Gasteiger partial charge in [0.15, 0.2) is 23.7 Å². The summed E-state index contributed by atoms with van der Waals surface area (Å²) in [4.78, 5) is 12.0. The third-order valence-corrected chi connectivity index (χ3v) is 7.89. The summed E-state index contributed by atoms with van der Waals surface area (Å²) in [5.41, 5.74) is -3.86. The topological polar surface area (TPSA) is 240 Å². The second kappa shape index (κ2) is 12.5. The standard InChI is InChI=1S/C28H36O16/c1-27(2,15(30)9-39-23-21-13(6-7-38-21)20(37-3)12-4-5-16(31)43-22(12)23)44-25-19(34)18(33)17(32)14(42-25)8-40-26-24(35)28(36,10-29)11-41-26/h4-7,14-15,17-19,24-26,29-30,32-36H,8-11H2,1-3H3/t14-,15-,17-,18+,19-,24+,25+,26-,28-/m1/s1. The predicted octanol–water partition coefficient (Wildman–Crippen LogP) is -1.65. The molecule has 5 rings (SSSR count). The van der Waals surface area contributed by atoms with E-state index in [4.69, 9.17) is 37.3 Å². The normalized spacial score (nSPS) is 31.9. The molecule has 244 valence electrons. The van der Waals surface area contributed by atoms with Gasteiger partial charge in [-0.1, -0.05) is 0 Å². The fraction of sp³-hybridized carbons (Fsp3) is 0.607.